The van der Waals surface area contributed by atoms with Gasteiger partial charge in [0.1, 0.15) is 0 Å². The van der Waals surface area contributed by atoms with Crippen LogP contribution < -0.4 is 34.4 Å². The van der Waals surface area contributed by atoms with Gasteiger partial charge in [-0.25, -0.2) is 4.79 Å². The minimum Gasteiger partial charge on any atom is -0.479 e. The van der Waals surface area contributed by atoms with Crippen LogP contribution in [0.5, 0.6) is 0 Å². The lowest BCUT2D eigenvalue weighted by Crippen LogP contribution is -2.81. The molecular formula is C14H23N7O8. The van der Waals surface area contributed by atoms with E-state index in [9.17, 15) is 38.7 Å². The fourth-order valence-corrected chi connectivity index (χ4v) is 3.04. The third-order valence-corrected chi connectivity index (χ3v) is 4.20. The van der Waals surface area contributed by atoms with Crippen LogP contribution in [-0.4, -0.2) is 89.3 Å². The van der Waals surface area contributed by atoms with E-state index in [-0.39, 0.29) is 4.90 Å². The van der Waals surface area contributed by atoms with Gasteiger partial charge in [-0.1, -0.05) is 0 Å². The molecule has 1 atom stereocenters. The number of hydrogen-bond acceptors (Lipinski definition) is 12. The van der Waals surface area contributed by atoms with Crippen LogP contribution in [0, 0.1) is 5.41 Å². The largest absolute Gasteiger partial charge is 0.479 e. The number of imide groups is 1. The monoisotopic (exact) mass is 417 g/mol. The molecule has 162 valence electrons. The Morgan fingerprint density at radius 2 is 1.00 bits per heavy atom. The number of carboxylic acid groups (broad SMARTS) is 1. The van der Waals surface area contributed by atoms with Crippen LogP contribution in [0.3, 0.4) is 0 Å². The highest BCUT2D eigenvalue weighted by Gasteiger charge is 2.76. The van der Waals surface area contributed by atoms with E-state index in [1.54, 1.807) is 0 Å². The summed E-state index contributed by atoms with van der Waals surface area (Å²) in [5.41, 5.74) is 23.7. The highest BCUT2D eigenvalue weighted by Crippen LogP contribution is 2.40. The van der Waals surface area contributed by atoms with Crippen molar-refractivity contribution in [2.75, 3.05) is 32.7 Å². The first-order chi connectivity index (χ1) is 13.4. The zero-order valence-electron chi connectivity index (χ0n) is 15.3. The molecule has 0 fully saturated rings. The predicted molar refractivity (Wildman–Crippen MR) is 94.1 cm³/mol. The fourth-order valence-electron chi connectivity index (χ4n) is 3.04. The van der Waals surface area contributed by atoms with Gasteiger partial charge in [0, 0.05) is 0 Å². The number of Topliss-reactive ketones (excluding diaryl/α,β-unsaturated/α-hetero) is 3. The first-order valence-corrected chi connectivity index (χ1v) is 7.92. The highest BCUT2D eigenvalue weighted by atomic mass is 16.4. The SMILES string of the molecule is NCC(=O)N(C(=O)CN)C(C(=O)O)(C(=O)CN)C(C(N)=O)(C(=O)CN)C(=O)CN. The van der Waals surface area contributed by atoms with E-state index < -0.39 is 84.7 Å². The van der Waals surface area contributed by atoms with Crippen molar-refractivity contribution < 1.29 is 38.7 Å². The van der Waals surface area contributed by atoms with Crippen molar-refractivity contribution in [3.8, 4) is 0 Å². The van der Waals surface area contributed by atoms with Crippen LogP contribution in [0.25, 0.3) is 0 Å². The lowest BCUT2D eigenvalue weighted by Gasteiger charge is -2.47. The third-order valence-electron chi connectivity index (χ3n) is 4.20. The lowest BCUT2D eigenvalue weighted by atomic mass is 9.59. The molecule has 0 bridgehead atoms. The number of primary amides is 1. The van der Waals surface area contributed by atoms with Crippen LogP contribution in [-0.2, 0) is 33.6 Å². The number of aliphatic carboxylic acids is 1. The summed E-state index contributed by atoms with van der Waals surface area (Å²) in [7, 11) is 0. The molecule has 0 aromatic rings. The zero-order valence-corrected chi connectivity index (χ0v) is 15.3. The summed E-state index contributed by atoms with van der Waals surface area (Å²) in [5.74, 6) is -12.7. The van der Waals surface area contributed by atoms with Gasteiger partial charge in [0.25, 0.3) is 0 Å². The molecular weight excluding hydrogens is 394 g/mol. The topological polar surface area (TPSA) is 299 Å². The van der Waals surface area contributed by atoms with Gasteiger partial charge < -0.3 is 39.5 Å². The quantitative estimate of drug-likeness (QED) is 0.145. The van der Waals surface area contributed by atoms with Crippen molar-refractivity contribution in [3.05, 3.63) is 0 Å². The number of carboxylic acids is 1. The number of ketones is 3. The molecule has 0 radical (unpaired) electrons. The predicted octanol–water partition coefficient (Wildman–Crippen LogP) is -6.86. The van der Waals surface area contributed by atoms with Crippen LogP contribution >= 0.6 is 0 Å². The van der Waals surface area contributed by atoms with Gasteiger partial charge in [0.15, 0.2) is 17.3 Å². The molecule has 0 aliphatic carbocycles. The van der Waals surface area contributed by atoms with Gasteiger partial charge in [0.2, 0.25) is 28.7 Å². The molecule has 0 aromatic carbocycles. The Morgan fingerprint density at radius 3 is 1.21 bits per heavy atom. The van der Waals surface area contributed by atoms with Gasteiger partial charge in [-0.05, 0) is 0 Å². The molecule has 15 nitrogen and oxygen atoms in total. The average Bonchev–Trinajstić information content (AvgIpc) is 2.70. The Labute approximate surface area is 163 Å². The number of amides is 3. The standard InChI is InChI=1S/C14H23N7O8/c15-1-6(22)13(11(20)27,7(23)2-16)14(12(28)29,8(24)3-17)21(9(25)4-18)10(26)5-19/h1-5,15-19H2,(H2,20,27)(H,28,29). The van der Waals surface area contributed by atoms with Gasteiger partial charge in [-0.3, -0.25) is 33.7 Å². The summed E-state index contributed by atoms with van der Waals surface area (Å²) in [4.78, 5) is 87.5. The molecule has 3 amide bonds. The van der Waals surface area contributed by atoms with Crippen molar-refractivity contribution in [2.24, 2.45) is 39.8 Å². The summed E-state index contributed by atoms with van der Waals surface area (Å²) in [6.45, 7) is -5.79. The van der Waals surface area contributed by atoms with Crippen LogP contribution in [0.4, 0.5) is 0 Å². The Bertz CT molecular complexity index is 720. The van der Waals surface area contributed by atoms with Crippen LogP contribution in [0.2, 0.25) is 0 Å². The molecule has 0 saturated carbocycles. The first-order valence-electron chi connectivity index (χ1n) is 7.92. The maximum atomic E-state index is 12.8. The molecule has 0 aliphatic rings. The minimum atomic E-state index is -3.85. The Kier molecular flexibility index (Phi) is 8.83. The van der Waals surface area contributed by atoms with E-state index in [1.807, 2.05) is 0 Å². The number of hydrogen-bond donors (Lipinski definition) is 7. The van der Waals surface area contributed by atoms with E-state index in [0.717, 1.165) is 0 Å². The van der Waals surface area contributed by atoms with E-state index >= 15 is 0 Å². The van der Waals surface area contributed by atoms with Gasteiger partial charge in [0.05, 0.1) is 32.7 Å². The zero-order chi connectivity index (χ0) is 23.2. The van der Waals surface area contributed by atoms with Crippen LogP contribution in [0.1, 0.15) is 0 Å². The Morgan fingerprint density at radius 1 is 0.655 bits per heavy atom. The van der Waals surface area contributed by atoms with E-state index in [4.69, 9.17) is 34.4 Å². The summed E-state index contributed by atoms with van der Waals surface area (Å²) >= 11 is 0. The second kappa shape index (κ2) is 9.89. The highest BCUT2D eigenvalue weighted by molar-refractivity contribution is 6.35. The molecule has 0 rings (SSSR count). The number of nitrogens with two attached hydrogens (primary N) is 6. The van der Waals surface area contributed by atoms with Gasteiger partial charge in [-0.2, -0.15) is 0 Å². The molecule has 13 N–H and O–H groups in total. The fraction of sp³-hybridized carbons (Fsp3) is 0.500. The molecule has 1 unspecified atom stereocenters. The Hall–Kier alpha value is -3.11. The summed E-state index contributed by atoms with van der Waals surface area (Å²) < 4.78 is 0. The summed E-state index contributed by atoms with van der Waals surface area (Å²) in [6.07, 6.45) is 0. The molecule has 0 heterocycles. The van der Waals surface area contributed by atoms with Crippen molar-refractivity contribution in [2.45, 2.75) is 5.54 Å². The van der Waals surface area contributed by atoms with Crippen molar-refractivity contribution in [3.63, 3.8) is 0 Å². The third kappa shape index (κ3) is 3.64. The maximum Gasteiger partial charge on any atom is 0.340 e. The molecule has 0 spiro atoms. The number of carbonyl (C=O) groups is 7. The van der Waals surface area contributed by atoms with Crippen molar-refractivity contribution >= 4 is 41.0 Å². The van der Waals surface area contributed by atoms with Gasteiger partial charge >= 0.3 is 5.97 Å². The number of carbonyl (C=O) groups excluding carboxylic acids is 6. The first kappa shape index (κ1) is 25.9. The lowest BCUT2D eigenvalue weighted by molar-refractivity contribution is -0.185. The molecule has 0 aromatic heterocycles. The molecule has 0 aliphatic heterocycles. The summed E-state index contributed by atoms with van der Waals surface area (Å²) in [5, 5.41) is 9.96. The maximum absolute atomic E-state index is 12.8. The Balaban J connectivity index is 8.00. The average molecular weight is 417 g/mol. The van der Waals surface area contributed by atoms with Gasteiger partial charge in [-0.15, -0.1) is 0 Å². The van der Waals surface area contributed by atoms with E-state index in [0.29, 0.717) is 0 Å². The number of nitrogens with zero attached hydrogens (tertiary/aromatic N) is 1. The molecule has 29 heavy (non-hydrogen) atoms. The second-order valence-corrected chi connectivity index (χ2v) is 5.54. The summed E-state index contributed by atoms with van der Waals surface area (Å²) in [6, 6.07) is 0. The van der Waals surface area contributed by atoms with Crippen molar-refractivity contribution in [1.82, 2.24) is 4.90 Å². The van der Waals surface area contributed by atoms with E-state index in [1.165, 1.54) is 0 Å². The molecule has 0 saturated heterocycles. The second-order valence-electron chi connectivity index (χ2n) is 5.54. The minimum absolute atomic E-state index is 0.351. The molecule has 15 heteroatoms. The smallest absolute Gasteiger partial charge is 0.340 e. The van der Waals surface area contributed by atoms with E-state index in [2.05, 4.69) is 0 Å². The van der Waals surface area contributed by atoms with Crippen molar-refractivity contribution in [1.29, 1.82) is 0 Å². The normalized spacial score (nSPS) is 13.1. The van der Waals surface area contributed by atoms with Crippen LogP contribution in [0.15, 0.2) is 0 Å². The number of rotatable bonds is 12.